The predicted octanol–water partition coefficient (Wildman–Crippen LogP) is 0.418. The maximum Gasteiger partial charge on any atom is 0.276 e. The lowest BCUT2D eigenvalue weighted by Crippen LogP contribution is -2.34. The molecular formula is C11H16N2O4S. The van der Waals surface area contributed by atoms with Crippen molar-refractivity contribution >= 4 is 16.3 Å². The van der Waals surface area contributed by atoms with Crippen molar-refractivity contribution in [1.82, 2.24) is 9.21 Å². The van der Waals surface area contributed by atoms with Gasteiger partial charge < -0.3 is 9.32 Å². The summed E-state index contributed by atoms with van der Waals surface area (Å²) in [7, 11) is -1.65. The predicted molar refractivity (Wildman–Crippen MR) is 65.0 cm³/mol. The molecule has 0 aliphatic carbocycles. The number of hydrogen-bond donors (Lipinski definition) is 0. The first-order valence-electron chi connectivity index (χ1n) is 5.78. The lowest BCUT2D eigenvalue weighted by atomic mass is 10.4. The topological polar surface area (TPSA) is 70.8 Å². The molecule has 7 heteroatoms. The zero-order chi connectivity index (χ0) is 13.2. The van der Waals surface area contributed by atoms with Crippen LogP contribution in [0.25, 0.3) is 0 Å². The molecule has 1 aliphatic heterocycles. The molecule has 1 aromatic heterocycles. The summed E-state index contributed by atoms with van der Waals surface area (Å²) in [6, 6.07) is 2.69. The zero-order valence-corrected chi connectivity index (χ0v) is 11.0. The molecule has 0 amide bonds. The van der Waals surface area contributed by atoms with Gasteiger partial charge in [0.25, 0.3) is 10.0 Å². The quantitative estimate of drug-likeness (QED) is 0.746. The molecule has 0 spiro atoms. The van der Waals surface area contributed by atoms with Crippen molar-refractivity contribution in [2.24, 2.45) is 0 Å². The highest BCUT2D eigenvalue weighted by molar-refractivity contribution is 7.89. The van der Waals surface area contributed by atoms with Crippen molar-refractivity contribution in [1.29, 1.82) is 0 Å². The minimum Gasteiger partial charge on any atom is -0.440 e. The van der Waals surface area contributed by atoms with Gasteiger partial charge in [-0.15, -0.1) is 0 Å². The van der Waals surface area contributed by atoms with E-state index in [0.29, 0.717) is 25.9 Å². The van der Waals surface area contributed by atoms with E-state index < -0.39 is 10.0 Å². The van der Waals surface area contributed by atoms with Crippen LogP contribution in [0.5, 0.6) is 0 Å². The van der Waals surface area contributed by atoms with Gasteiger partial charge in [-0.1, -0.05) is 0 Å². The second-order valence-corrected chi connectivity index (χ2v) is 6.20. The number of hydrogen-bond acceptors (Lipinski definition) is 5. The van der Waals surface area contributed by atoms with Crippen molar-refractivity contribution in [3.8, 4) is 0 Å². The first kappa shape index (κ1) is 13.3. The van der Waals surface area contributed by atoms with E-state index in [-0.39, 0.29) is 10.9 Å². The molecule has 18 heavy (non-hydrogen) atoms. The van der Waals surface area contributed by atoms with E-state index in [2.05, 4.69) is 4.90 Å². The summed E-state index contributed by atoms with van der Waals surface area (Å²) in [5, 5.41) is -0.158. The van der Waals surface area contributed by atoms with E-state index in [1.165, 1.54) is 16.4 Å². The van der Waals surface area contributed by atoms with E-state index >= 15 is 0 Å². The van der Waals surface area contributed by atoms with Gasteiger partial charge in [0.05, 0.1) is 0 Å². The second-order valence-electron chi connectivity index (χ2n) is 4.34. The third kappa shape index (κ3) is 2.63. The summed E-state index contributed by atoms with van der Waals surface area (Å²) in [6.07, 6.45) is 1.28. The summed E-state index contributed by atoms with van der Waals surface area (Å²) in [6.45, 7) is 2.49. The fourth-order valence-electron chi connectivity index (χ4n) is 1.93. The van der Waals surface area contributed by atoms with Gasteiger partial charge in [0.2, 0.25) is 5.09 Å². The van der Waals surface area contributed by atoms with Crippen molar-refractivity contribution < 1.29 is 17.6 Å². The number of rotatable bonds is 3. The van der Waals surface area contributed by atoms with Crippen molar-refractivity contribution in [2.75, 3.05) is 33.2 Å². The first-order valence-corrected chi connectivity index (χ1v) is 7.22. The molecule has 0 bridgehead atoms. The lowest BCUT2D eigenvalue weighted by Gasteiger charge is -2.18. The molecule has 1 aromatic rings. The summed E-state index contributed by atoms with van der Waals surface area (Å²) in [5.41, 5.74) is 0. The zero-order valence-electron chi connectivity index (χ0n) is 10.2. The second kappa shape index (κ2) is 5.21. The number of nitrogens with zero attached hydrogens (tertiary/aromatic N) is 2. The number of aldehydes is 1. The third-order valence-corrected chi connectivity index (χ3v) is 4.76. The van der Waals surface area contributed by atoms with E-state index in [4.69, 9.17) is 4.42 Å². The van der Waals surface area contributed by atoms with Gasteiger partial charge >= 0.3 is 0 Å². The number of likely N-dealkylation sites (N-methyl/N-ethyl adjacent to an activating group) is 1. The third-order valence-electron chi connectivity index (χ3n) is 2.99. The van der Waals surface area contributed by atoms with Gasteiger partial charge in [-0.2, -0.15) is 4.31 Å². The maximum atomic E-state index is 12.3. The number of carbonyl (C=O) groups excluding carboxylic acids is 1. The van der Waals surface area contributed by atoms with E-state index in [1.807, 2.05) is 7.05 Å². The monoisotopic (exact) mass is 272 g/mol. The van der Waals surface area contributed by atoms with Crippen LogP contribution in [0.3, 0.4) is 0 Å². The molecule has 0 atom stereocenters. The summed E-state index contributed by atoms with van der Waals surface area (Å²) >= 11 is 0. The molecule has 0 aromatic carbocycles. The first-order chi connectivity index (χ1) is 8.54. The highest BCUT2D eigenvalue weighted by Gasteiger charge is 2.28. The Labute approximate surface area is 106 Å². The SMILES string of the molecule is CN1CCCN(S(=O)(=O)c2ccc(C=O)o2)CC1. The average Bonchev–Trinajstić information content (AvgIpc) is 2.72. The van der Waals surface area contributed by atoms with Gasteiger partial charge in [0, 0.05) is 19.6 Å². The van der Waals surface area contributed by atoms with Crippen LogP contribution in [-0.4, -0.2) is 57.1 Å². The smallest absolute Gasteiger partial charge is 0.276 e. The maximum absolute atomic E-state index is 12.3. The minimum atomic E-state index is -3.62. The molecule has 0 N–H and O–H groups in total. The molecule has 0 unspecified atom stereocenters. The fraction of sp³-hybridized carbons (Fsp3) is 0.545. The minimum absolute atomic E-state index is 0.0283. The summed E-state index contributed by atoms with van der Waals surface area (Å²) in [4.78, 5) is 12.6. The molecule has 100 valence electrons. The molecule has 1 saturated heterocycles. The Bertz CT molecular complexity index is 523. The Morgan fingerprint density at radius 1 is 1.22 bits per heavy atom. The molecule has 2 heterocycles. The molecule has 6 nitrogen and oxygen atoms in total. The highest BCUT2D eigenvalue weighted by Crippen LogP contribution is 2.19. The van der Waals surface area contributed by atoms with E-state index in [0.717, 1.165) is 13.0 Å². The van der Waals surface area contributed by atoms with Crippen LogP contribution in [0.15, 0.2) is 21.6 Å². The largest absolute Gasteiger partial charge is 0.440 e. The van der Waals surface area contributed by atoms with Crippen molar-refractivity contribution in [3.63, 3.8) is 0 Å². The van der Waals surface area contributed by atoms with E-state index in [1.54, 1.807) is 0 Å². The van der Waals surface area contributed by atoms with Gasteiger partial charge in [0.15, 0.2) is 12.0 Å². The van der Waals surface area contributed by atoms with Crippen LogP contribution in [-0.2, 0) is 10.0 Å². The Kier molecular flexibility index (Phi) is 3.84. The normalized spacial score (nSPS) is 19.6. The summed E-state index contributed by atoms with van der Waals surface area (Å²) in [5.74, 6) is 0.0283. The Balaban J connectivity index is 2.22. The van der Waals surface area contributed by atoms with Crippen LogP contribution >= 0.6 is 0 Å². The Morgan fingerprint density at radius 3 is 2.67 bits per heavy atom. The molecular weight excluding hydrogens is 256 g/mol. The van der Waals surface area contributed by atoms with Crippen LogP contribution < -0.4 is 0 Å². The van der Waals surface area contributed by atoms with Crippen LogP contribution in [0.1, 0.15) is 17.0 Å². The molecule has 1 fully saturated rings. The van der Waals surface area contributed by atoms with Gasteiger partial charge in [-0.25, -0.2) is 8.42 Å². The van der Waals surface area contributed by atoms with Crippen LogP contribution in [0.2, 0.25) is 0 Å². The van der Waals surface area contributed by atoms with Gasteiger partial charge in [0.1, 0.15) is 0 Å². The molecule has 2 rings (SSSR count). The molecule has 1 aliphatic rings. The number of sulfonamides is 1. The highest BCUT2D eigenvalue weighted by atomic mass is 32.2. The van der Waals surface area contributed by atoms with Crippen LogP contribution in [0.4, 0.5) is 0 Å². The lowest BCUT2D eigenvalue weighted by molar-refractivity contribution is 0.109. The molecule has 0 saturated carbocycles. The fourth-order valence-corrected chi connectivity index (χ4v) is 3.31. The number of carbonyl (C=O) groups is 1. The van der Waals surface area contributed by atoms with Gasteiger partial charge in [-0.3, -0.25) is 4.79 Å². The Morgan fingerprint density at radius 2 is 2.00 bits per heavy atom. The average molecular weight is 272 g/mol. The van der Waals surface area contributed by atoms with Gasteiger partial charge in [-0.05, 0) is 32.1 Å². The summed E-state index contributed by atoms with van der Waals surface area (Å²) < 4.78 is 31.0. The van der Waals surface area contributed by atoms with Crippen molar-refractivity contribution in [2.45, 2.75) is 11.5 Å². The number of furan rings is 1. The van der Waals surface area contributed by atoms with E-state index in [9.17, 15) is 13.2 Å². The van der Waals surface area contributed by atoms with Crippen molar-refractivity contribution in [3.05, 3.63) is 17.9 Å². The standard InChI is InChI=1S/C11H16N2O4S/c1-12-5-2-6-13(8-7-12)18(15,16)11-4-3-10(9-14)17-11/h3-4,9H,2,5-8H2,1H3. The Hall–Kier alpha value is -1.18. The molecule has 0 radical (unpaired) electrons. The van der Waals surface area contributed by atoms with Crippen LogP contribution in [0, 0.1) is 0 Å².